The number of halogens is 4. The zero-order valence-corrected chi connectivity index (χ0v) is 12.1. The highest BCUT2D eigenvalue weighted by molar-refractivity contribution is 7.91. The molecule has 0 heterocycles. The second-order valence-corrected chi connectivity index (χ2v) is 6.39. The summed E-state index contributed by atoms with van der Waals surface area (Å²) in [6, 6.07) is 1.69. The van der Waals surface area contributed by atoms with Gasteiger partial charge in [-0.2, -0.15) is 4.39 Å². The van der Waals surface area contributed by atoms with E-state index in [9.17, 15) is 26.4 Å². The van der Waals surface area contributed by atoms with Crippen LogP contribution in [-0.2, 0) is 9.84 Å². The average Bonchev–Trinajstić information content (AvgIpc) is 2.39. The van der Waals surface area contributed by atoms with E-state index in [-0.39, 0.29) is 0 Å². The molecule has 5 nitrogen and oxygen atoms in total. The molecular formula is C11H10ClF3O5S. The number of hydrogen-bond donors (Lipinski definition) is 1. The van der Waals surface area contributed by atoms with E-state index in [4.69, 9.17) is 16.7 Å². The van der Waals surface area contributed by atoms with Crippen molar-refractivity contribution in [2.45, 2.75) is 24.6 Å². The molecule has 0 aliphatic carbocycles. The summed E-state index contributed by atoms with van der Waals surface area (Å²) in [7, 11) is -3.98. The van der Waals surface area contributed by atoms with E-state index >= 15 is 0 Å². The molecule has 0 saturated carbocycles. The number of benzene rings is 1. The summed E-state index contributed by atoms with van der Waals surface area (Å²) < 4.78 is 65.3. The first kappa shape index (κ1) is 17.6. The van der Waals surface area contributed by atoms with E-state index in [1.807, 2.05) is 0 Å². The first-order chi connectivity index (χ1) is 9.61. The van der Waals surface area contributed by atoms with E-state index in [0.29, 0.717) is 0 Å². The van der Waals surface area contributed by atoms with Gasteiger partial charge in [0.1, 0.15) is 4.90 Å². The Morgan fingerprint density at radius 3 is 2.38 bits per heavy atom. The van der Waals surface area contributed by atoms with Gasteiger partial charge in [0.2, 0.25) is 0 Å². The fourth-order valence-electron chi connectivity index (χ4n) is 1.38. The smallest absolute Gasteiger partial charge is 0.337 e. The third-order valence-electron chi connectivity index (χ3n) is 2.44. The van der Waals surface area contributed by atoms with Gasteiger partial charge >= 0.3 is 12.4 Å². The predicted molar refractivity (Wildman–Crippen MR) is 67.7 cm³/mol. The van der Waals surface area contributed by atoms with Gasteiger partial charge in [-0.15, -0.1) is 0 Å². The molecule has 0 bridgehead atoms. The summed E-state index contributed by atoms with van der Waals surface area (Å²) in [5.74, 6) is -2.92. The number of sulfone groups is 1. The van der Waals surface area contributed by atoms with Crippen molar-refractivity contribution in [3.05, 3.63) is 22.7 Å². The number of carboxylic acids is 1. The van der Waals surface area contributed by atoms with E-state index < -0.39 is 55.6 Å². The van der Waals surface area contributed by atoms with E-state index in [1.54, 1.807) is 0 Å². The summed E-state index contributed by atoms with van der Waals surface area (Å²) in [4.78, 5) is 10.2. The maximum Gasteiger partial charge on any atom is 0.337 e. The first-order valence-corrected chi connectivity index (χ1v) is 7.52. The normalized spacial score (nSPS) is 13.2. The summed E-state index contributed by atoms with van der Waals surface area (Å²) >= 11 is 5.64. The van der Waals surface area contributed by atoms with Gasteiger partial charge in [-0.25, -0.2) is 22.0 Å². The van der Waals surface area contributed by atoms with Crippen LogP contribution in [0.4, 0.5) is 13.2 Å². The van der Waals surface area contributed by atoms with Crippen molar-refractivity contribution >= 4 is 27.4 Å². The lowest BCUT2D eigenvalue weighted by molar-refractivity contribution is -0.0682. The maximum atomic E-state index is 13.0. The molecule has 1 N–H and O–H groups in total. The minimum absolute atomic E-state index is 0.433. The number of hydrogen-bond acceptors (Lipinski definition) is 4. The second-order valence-electron chi connectivity index (χ2n) is 3.77. The van der Waals surface area contributed by atoms with E-state index in [2.05, 4.69) is 4.74 Å². The molecule has 0 aromatic heterocycles. The molecule has 21 heavy (non-hydrogen) atoms. The minimum atomic E-state index is -3.98. The van der Waals surface area contributed by atoms with Crippen LogP contribution in [-0.4, -0.2) is 38.0 Å². The van der Waals surface area contributed by atoms with Gasteiger partial charge in [0.25, 0.3) is 6.36 Å². The van der Waals surface area contributed by atoms with Crippen LogP contribution in [0.2, 0.25) is 5.02 Å². The molecule has 1 atom stereocenters. The van der Waals surface area contributed by atoms with Gasteiger partial charge in [-0.3, -0.25) is 0 Å². The molecule has 1 rings (SSSR count). The Bertz CT molecular complexity index is 648. The van der Waals surface area contributed by atoms with Crippen molar-refractivity contribution in [1.29, 1.82) is 0 Å². The van der Waals surface area contributed by atoms with Crippen LogP contribution in [0.1, 0.15) is 17.3 Å². The van der Waals surface area contributed by atoms with Crippen molar-refractivity contribution in [2.75, 3.05) is 5.75 Å². The quantitative estimate of drug-likeness (QED) is 0.856. The highest BCUT2D eigenvalue weighted by Gasteiger charge is 2.29. The Kier molecular flexibility index (Phi) is 5.46. The molecule has 118 valence electrons. The Labute approximate surface area is 123 Å². The fourth-order valence-corrected chi connectivity index (χ4v) is 2.74. The highest BCUT2D eigenvalue weighted by atomic mass is 35.5. The van der Waals surface area contributed by atoms with Crippen molar-refractivity contribution < 1.29 is 36.2 Å². The largest absolute Gasteiger partial charge is 0.478 e. The van der Waals surface area contributed by atoms with E-state index in [0.717, 1.165) is 12.1 Å². The Morgan fingerprint density at radius 1 is 1.38 bits per heavy atom. The molecular weight excluding hydrogens is 337 g/mol. The minimum Gasteiger partial charge on any atom is -0.478 e. The van der Waals surface area contributed by atoms with Gasteiger partial charge in [-0.1, -0.05) is 18.5 Å². The summed E-state index contributed by atoms with van der Waals surface area (Å²) in [5.41, 5.74) is -0.594. The van der Waals surface area contributed by atoms with Gasteiger partial charge in [0, 0.05) is 0 Å². The summed E-state index contributed by atoms with van der Waals surface area (Å²) in [6.45, 7) is 1.26. The van der Waals surface area contributed by atoms with Crippen LogP contribution in [0.5, 0.6) is 5.75 Å². The molecule has 0 saturated heterocycles. The van der Waals surface area contributed by atoms with Gasteiger partial charge in [0.15, 0.2) is 15.6 Å². The topological polar surface area (TPSA) is 80.7 Å². The molecule has 0 radical (unpaired) electrons. The molecule has 0 spiro atoms. The number of aromatic carboxylic acids is 1. The summed E-state index contributed by atoms with van der Waals surface area (Å²) in [5, 5.41) is 8.09. The number of carbonyl (C=O) groups is 1. The van der Waals surface area contributed by atoms with Crippen LogP contribution in [0.25, 0.3) is 0 Å². The second kappa shape index (κ2) is 6.52. The molecule has 0 aliphatic rings. The molecule has 1 aromatic rings. The molecule has 1 unspecified atom stereocenters. The third kappa shape index (κ3) is 3.79. The van der Waals surface area contributed by atoms with Crippen LogP contribution < -0.4 is 4.74 Å². The fraction of sp³-hybridized carbons (Fsp3) is 0.364. The molecule has 1 aromatic carbocycles. The van der Waals surface area contributed by atoms with Gasteiger partial charge < -0.3 is 9.84 Å². The van der Waals surface area contributed by atoms with Crippen molar-refractivity contribution in [3.63, 3.8) is 0 Å². The highest BCUT2D eigenvalue weighted by Crippen LogP contribution is 2.37. The Hall–Kier alpha value is -1.48. The van der Waals surface area contributed by atoms with Crippen LogP contribution in [0, 0.1) is 0 Å². The monoisotopic (exact) mass is 346 g/mol. The predicted octanol–water partition coefficient (Wildman–Crippen LogP) is 2.77. The SMILES string of the molecule is CCS(=O)(=O)c1ccc(C(=O)O)c(Cl)c1OC(F)C(F)F. The third-order valence-corrected chi connectivity index (χ3v) is 4.56. The van der Waals surface area contributed by atoms with Crippen LogP contribution in [0.3, 0.4) is 0 Å². The van der Waals surface area contributed by atoms with Crippen LogP contribution in [0.15, 0.2) is 17.0 Å². The van der Waals surface area contributed by atoms with Gasteiger partial charge in [0.05, 0.1) is 16.3 Å². The summed E-state index contributed by atoms with van der Waals surface area (Å²) in [6.07, 6.45) is -6.69. The molecule has 10 heteroatoms. The van der Waals surface area contributed by atoms with Gasteiger partial charge in [-0.05, 0) is 12.1 Å². The standard InChI is InChI=1S/C11H10ClF3O5S/c1-2-21(18,19)6-4-3-5(11(16)17)7(12)8(6)20-10(15)9(13)14/h3-4,9-10H,2H2,1H3,(H,16,17). The zero-order chi connectivity index (χ0) is 16.4. The number of ether oxygens (including phenoxy) is 1. The molecule has 0 amide bonds. The lowest BCUT2D eigenvalue weighted by Crippen LogP contribution is -2.21. The van der Waals surface area contributed by atoms with Crippen molar-refractivity contribution in [2.24, 2.45) is 0 Å². The zero-order valence-electron chi connectivity index (χ0n) is 10.5. The number of alkyl halides is 3. The van der Waals surface area contributed by atoms with Crippen molar-refractivity contribution in [1.82, 2.24) is 0 Å². The van der Waals surface area contributed by atoms with Crippen molar-refractivity contribution in [3.8, 4) is 5.75 Å². The first-order valence-electron chi connectivity index (χ1n) is 5.49. The maximum absolute atomic E-state index is 13.0. The lowest BCUT2D eigenvalue weighted by atomic mass is 10.2. The Balaban J connectivity index is 3.53. The Morgan fingerprint density at radius 2 is 1.95 bits per heavy atom. The molecule has 0 fully saturated rings. The lowest BCUT2D eigenvalue weighted by Gasteiger charge is -2.16. The van der Waals surface area contributed by atoms with Crippen LogP contribution >= 0.6 is 11.6 Å². The molecule has 0 aliphatic heterocycles. The number of carboxylic acid groups (broad SMARTS) is 1. The number of rotatable bonds is 6. The van der Waals surface area contributed by atoms with E-state index in [1.165, 1.54) is 6.92 Å². The average molecular weight is 347 g/mol.